The van der Waals surface area contributed by atoms with Gasteiger partial charge in [-0.3, -0.25) is 4.79 Å². The fraction of sp³-hybridized carbons (Fsp3) is 0.950. The molecule has 0 radical (unpaired) electrons. The SMILES string of the molecule is CCC(CCCCCCCCCCCC(C)C(C)C)C(=O)O. The van der Waals surface area contributed by atoms with Gasteiger partial charge in [-0.05, 0) is 24.7 Å². The molecule has 132 valence electrons. The first kappa shape index (κ1) is 21.5. The monoisotopic (exact) mass is 312 g/mol. The normalized spacial score (nSPS) is 14.2. The molecule has 0 aliphatic heterocycles. The molecule has 0 aliphatic carbocycles. The highest BCUT2D eigenvalue weighted by Crippen LogP contribution is 2.19. The molecular formula is C20H40O2. The summed E-state index contributed by atoms with van der Waals surface area (Å²) in [7, 11) is 0. The molecule has 2 unspecified atom stereocenters. The number of carbonyl (C=O) groups is 1. The molecular weight excluding hydrogens is 272 g/mol. The van der Waals surface area contributed by atoms with Crippen molar-refractivity contribution in [1.29, 1.82) is 0 Å². The Bertz CT molecular complexity index is 260. The van der Waals surface area contributed by atoms with E-state index in [0.717, 1.165) is 31.1 Å². The third-order valence-electron chi connectivity index (χ3n) is 5.19. The first-order valence-corrected chi connectivity index (χ1v) is 9.71. The molecule has 2 nitrogen and oxygen atoms in total. The molecule has 2 atom stereocenters. The summed E-state index contributed by atoms with van der Waals surface area (Å²) in [5.41, 5.74) is 0. The maximum Gasteiger partial charge on any atom is 0.306 e. The van der Waals surface area contributed by atoms with E-state index in [4.69, 9.17) is 5.11 Å². The van der Waals surface area contributed by atoms with Crippen molar-refractivity contribution >= 4 is 5.97 Å². The van der Waals surface area contributed by atoms with Crippen molar-refractivity contribution in [2.24, 2.45) is 17.8 Å². The van der Waals surface area contributed by atoms with Crippen LogP contribution in [-0.4, -0.2) is 11.1 Å². The van der Waals surface area contributed by atoms with Gasteiger partial charge in [0.05, 0.1) is 5.92 Å². The van der Waals surface area contributed by atoms with Crippen LogP contribution in [0.2, 0.25) is 0 Å². The highest BCUT2D eigenvalue weighted by Gasteiger charge is 2.13. The smallest absolute Gasteiger partial charge is 0.306 e. The Balaban J connectivity index is 3.26. The molecule has 0 aromatic rings. The van der Waals surface area contributed by atoms with Gasteiger partial charge in [-0.15, -0.1) is 0 Å². The van der Waals surface area contributed by atoms with E-state index in [0.29, 0.717) is 0 Å². The number of aliphatic carboxylic acids is 1. The zero-order valence-electron chi connectivity index (χ0n) is 15.6. The summed E-state index contributed by atoms with van der Waals surface area (Å²) >= 11 is 0. The largest absolute Gasteiger partial charge is 0.481 e. The number of carboxylic acids is 1. The van der Waals surface area contributed by atoms with Crippen molar-refractivity contribution in [1.82, 2.24) is 0 Å². The molecule has 0 aliphatic rings. The zero-order valence-corrected chi connectivity index (χ0v) is 15.6. The van der Waals surface area contributed by atoms with E-state index in [1.165, 1.54) is 57.8 Å². The molecule has 0 fully saturated rings. The van der Waals surface area contributed by atoms with Gasteiger partial charge in [0, 0.05) is 0 Å². The Morgan fingerprint density at radius 1 is 0.773 bits per heavy atom. The summed E-state index contributed by atoms with van der Waals surface area (Å²) in [5.74, 6) is 0.966. The van der Waals surface area contributed by atoms with Crippen molar-refractivity contribution in [3.05, 3.63) is 0 Å². The maximum absolute atomic E-state index is 10.9. The molecule has 0 aromatic carbocycles. The summed E-state index contributed by atoms with van der Waals surface area (Å²) in [6, 6.07) is 0. The molecule has 0 spiro atoms. The number of rotatable bonds is 15. The van der Waals surface area contributed by atoms with E-state index in [-0.39, 0.29) is 5.92 Å². The lowest BCUT2D eigenvalue weighted by Crippen LogP contribution is -2.12. The lowest BCUT2D eigenvalue weighted by molar-refractivity contribution is -0.142. The first-order chi connectivity index (χ1) is 10.5. The fourth-order valence-electron chi connectivity index (χ4n) is 2.93. The Morgan fingerprint density at radius 2 is 1.18 bits per heavy atom. The van der Waals surface area contributed by atoms with Crippen LogP contribution < -0.4 is 0 Å². The van der Waals surface area contributed by atoms with Crippen LogP contribution in [0.4, 0.5) is 0 Å². The summed E-state index contributed by atoms with van der Waals surface area (Å²) < 4.78 is 0. The third kappa shape index (κ3) is 12.1. The fourth-order valence-corrected chi connectivity index (χ4v) is 2.93. The highest BCUT2D eigenvalue weighted by molar-refractivity contribution is 5.69. The summed E-state index contributed by atoms with van der Waals surface area (Å²) in [4.78, 5) is 10.9. The number of unbranched alkanes of at least 4 members (excludes halogenated alkanes) is 8. The van der Waals surface area contributed by atoms with Gasteiger partial charge in [-0.2, -0.15) is 0 Å². The van der Waals surface area contributed by atoms with Gasteiger partial charge in [0.1, 0.15) is 0 Å². The number of hydrogen-bond acceptors (Lipinski definition) is 1. The lowest BCUT2D eigenvalue weighted by Gasteiger charge is -2.14. The van der Waals surface area contributed by atoms with Gasteiger partial charge in [-0.1, -0.05) is 91.9 Å². The third-order valence-corrected chi connectivity index (χ3v) is 5.19. The van der Waals surface area contributed by atoms with Crippen molar-refractivity contribution < 1.29 is 9.90 Å². The van der Waals surface area contributed by atoms with Gasteiger partial charge in [0.2, 0.25) is 0 Å². The van der Waals surface area contributed by atoms with E-state index in [1.54, 1.807) is 0 Å². The van der Waals surface area contributed by atoms with Crippen LogP contribution in [-0.2, 0) is 4.79 Å². The molecule has 0 aromatic heterocycles. The van der Waals surface area contributed by atoms with Crippen LogP contribution in [0.25, 0.3) is 0 Å². The molecule has 2 heteroatoms. The van der Waals surface area contributed by atoms with Crippen LogP contribution in [0.5, 0.6) is 0 Å². The van der Waals surface area contributed by atoms with E-state index >= 15 is 0 Å². The van der Waals surface area contributed by atoms with E-state index in [9.17, 15) is 4.79 Å². The summed E-state index contributed by atoms with van der Waals surface area (Å²) in [5, 5.41) is 8.98. The Labute approximate surface area is 139 Å². The molecule has 0 rings (SSSR count). The standard InChI is InChI=1S/C20H40O2/c1-5-19(20(21)22)16-14-12-10-8-6-7-9-11-13-15-18(4)17(2)3/h17-19H,5-16H2,1-4H3,(H,21,22). The van der Waals surface area contributed by atoms with Crippen molar-refractivity contribution in [3.63, 3.8) is 0 Å². The predicted molar refractivity (Wildman–Crippen MR) is 96.2 cm³/mol. The molecule has 22 heavy (non-hydrogen) atoms. The molecule has 0 amide bonds. The second-order valence-electron chi connectivity index (χ2n) is 7.42. The molecule has 0 saturated carbocycles. The summed E-state index contributed by atoms with van der Waals surface area (Å²) in [6.45, 7) is 8.99. The van der Waals surface area contributed by atoms with Crippen molar-refractivity contribution in [2.45, 2.75) is 105 Å². The second kappa shape index (κ2) is 14.1. The highest BCUT2D eigenvalue weighted by atomic mass is 16.4. The Morgan fingerprint density at radius 3 is 1.55 bits per heavy atom. The number of carboxylic acid groups (broad SMARTS) is 1. The van der Waals surface area contributed by atoms with Crippen LogP contribution in [0, 0.1) is 17.8 Å². The maximum atomic E-state index is 10.9. The molecule has 0 saturated heterocycles. The minimum atomic E-state index is -0.616. The average Bonchev–Trinajstić information content (AvgIpc) is 2.47. The zero-order chi connectivity index (χ0) is 16.8. The van der Waals surface area contributed by atoms with Crippen molar-refractivity contribution in [2.75, 3.05) is 0 Å². The number of hydrogen-bond donors (Lipinski definition) is 1. The average molecular weight is 313 g/mol. The minimum Gasteiger partial charge on any atom is -0.481 e. The second-order valence-corrected chi connectivity index (χ2v) is 7.42. The van der Waals surface area contributed by atoms with Gasteiger partial charge in [0.25, 0.3) is 0 Å². The lowest BCUT2D eigenvalue weighted by atomic mass is 9.92. The predicted octanol–water partition coefficient (Wildman–Crippen LogP) is 6.68. The van der Waals surface area contributed by atoms with Crippen LogP contribution >= 0.6 is 0 Å². The van der Waals surface area contributed by atoms with Crippen LogP contribution in [0.1, 0.15) is 105 Å². The van der Waals surface area contributed by atoms with Crippen molar-refractivity contribution in [3.8, 4) is 0 Å². The Kier molecular flexibility index (Phi) is 13.7. The first-order valence-electron chi connectivity index (χ1n) is 9.71. The van der Waals surface area contributed by atoms with E-state index in [2.05, 4.69) is 20.8 Å². The molecule has 0 bridgehead atoms. The summed E-state index contributed by atoms with van der Waals surface area (Å²) in [6.07, 6.45) is 14.8. The van der Waals surface area contributed by atoms with Gasteiger partial charge >= 0.3 is 5.97 Å². The van der Waals surface area contributed by atoms with Crippen LogP contribution in [0.3, 0.4) is 0 Å². The van der Waals surface area contributed by atoms with Gasteiger partial charge in [-0.25, -0.2) is 0 Å². The van der Waals surface area contributed by atoms with Gasteiger partial charge in [0.15, 0.2) is 0 Å². The minimum absolute atomic E-state index is 0.117. The Hall–Kier alpha value is -0.530. The molecule has 1 N–H and O–H groups in total. The topological polar surface area (TPSA) is 37.3 Å². The van der Waals surface area contributed by atoms with E-state index in [1.807, 2.05) is 6.92 Å². The van der Waals surface area contributed by atoms with Crippen LogP contribution in [0.15, 0.2) is 0 Å². The molecule has 0 heterocycles. The quantitative estimate of drug-likeness (QED) is 0.342. The van der Waals surface area contributed by atoms with Gasteiger partial charge < -0.3 is 5.11 Å². The van der Waals surface area contributed by atoms with E-state index < -0.39 is 5.97 Å².